The number of anilines is 1. The minimum atomic E-state index is -0.306. The van der Waals surface area contributed by atoms with Crippen LogP contribution in [0.15, 0.2) is 36.7 Å². The smallest absolute Gasteiger partial charge is 0.293 e. The van der Waals surface area contributed by atoms with Gasteiger partial charge in [0.15, 0.2) is 12.4 Å². The number of aromatic nitrogens is 1. The van der Waals surface area contributed by atoms with Crippen molar-refractivity contribution >= 4 is 34.8 Å². The van der Waals surface area contributed by atoms with E-state index in [1.165, 1.54) is 24.0 Å². The quantitative estimate of drug-likeness (QED) is 0.820. The third kappa shape index (κ3) is 3.85. The number of nitrogens with one attached hydrogen (secondary N) is 1. The van der Waals surface area contributed by atoms with Gasteiger partial charge in [0.05, 0.1) is 0 Å². The molecule has 1 aromatic heterocycles. The third-order valence-electron chi connectivity index (χ3n) is 4.26. The highest BCUT2D eigenvalue weighted by atomic mass is 35.5. The zero-order chi connectivity index (χ0) is 16.4. The number of fused-ring (bicyclic) bond motifs is 1. The molecule has 0 spiro atoms. The highest BCUT2D eigenvalue weighted by molar-refractivity contribution is 6.35. The first-order chi connectivity index (χ1) is 11.0. The molecule has 0 fully saturated rings. The highest BCUT2D eigenvalue weighted by Gasteiger charge is 2.24. The Morgan fingerprint density at radius 1 is 1.13 bits per heavy atom. The fourth-order valence-electron chi connectivity index (χ4n) is 2.94. The van der Waals surface area contributed by atoms with Crippen molar-refractivity contribution in [3.63, 3.8) is 0 Å². The molecule has 5 heteroatoms. The van der Waals surface area contributed by atoms with Crippen molar-refractivity contribution < 1.29 is 9.36 Å². The van der Waals surface area contributed by atoms with E-state index in [1.807, 2.05) is 17.7 Å². The maximum Gasteiger partial charge on any atom is 0.293 e. The van der Waals surface area contributed by atoms with Crippen LogP contribution in [0.5, 0.6) is 0 Å². The first-order valence-electron chi connectivity index (χ1n) is 7.82. The summed E-state index contributed by atoms with van der Waals surface area (Å²) in [6.07, 6.45) is 8.79. The summed E-state index contributed by atoms with van der Waals surface area (Å²) in [5.41, 5.74) is 3.36. The summed E-state index contributed by atoms with van der Waals surface area (Å²) in [5.74, 6) is -0.0934. The van der Waals surface area contributed by atoms with Crippen LogP contribution in [0.25, 0.3) is 0 Å². The Morgan fingerprint density at radius 2 is 1.78 bits per heavy atom. The van der Waals surface area contributed by atoms with Crippen LogP contribution in [0.4, 0.5) is 5.69 Å². The van der Waals surface area contributed by atoms with E-state index in [1.54, 1.807) is 18.2 Å². The van der Waals surface area contributed by atoms with Crippen molar-refractivity contribution in [3.8, 4) is 0 Å². The monoisotopic (exact) mass is 349 g/mol. The van der Waals surface area contributed by atoms with Crippen LogP contribution >= 0.6 is 23.2 Å². The Labute approximate surface area is 146 Å². The Kier molecular flexibility index (Phi) is 4.88. The van der Waals surface area contributed by atoms with Crippen molar-refractivity contribution in [2.75, 3.05) is 5.32 Å². The Hall–Kier alpha value is -1.58. The highest BCUT2D eigenvalue weighted by Crippen LogP contribution is 2.23. The number of carbonyl (C=O) groups excluding carboxylic acids is 1. The van der Waals surface area contributed by atoms with E-state index in [2.05, 4.69) is 17.6 Å². The number of nitrogens with zero attached hydrogens (tertiary/aromatic N) is 1. The maximum atomic E-state index is 12.5. The molecule has 3 rings (SSSR count). The van der Waals surface area contributed by atoms with Gasteiger partial charge in [-0.05, 0) is 49.4 Å². The van der Waals surface area contributed by atoms with E-state index in [4.69, 9.17) is 23.2 Å². The fourth-order valence-corrected chi connectivity index (χ4v) is 3.46. The molecular weight excluding hydrogens is 331 g/mol. The van der Waals surface area contributed by atoms with Gasteiger partial charge in [0.25, 0.3) is 5.91 Å². The lowest BCUT2D eigenvalue weighted by Crippen LogP contribution is -2.44. The molecule has 23 heavy (non-hydrogen) atoms. The molecular formula is C18H19Cl2N2O+. The molecule has 1 N–H and O–H groups in total. The lowest BCUT2D eigenvalue weighted by molar-refractivity contribution is -0.706. The van der Waals surface area contributed by atoms with Gasteiger partial charge >= 0.3 is 0 Å². The number of benzene rings is 1. The molecule has 0 bridgehead atoms. The lowest BCUT2D eigenvalue weighted by Gasteiger charge is -2.15. The Bertz CT molecular complexity index is 726. The summed E-state index contributed by atoms with van der Waals surface area (Å²) in [4.78, 5) is 12.5. The van der Waals surface area contributed by atoms with Crippen LogP contribution in [0.3, 0.4) is 0 Å². The van der Waals surface area contributed by atoms with E-state index in [0.29, 0.717) is 15.7 Å². The molecule has 1 atom stereocenters. The topological polar surface area (TPSA) is 33.0 Å². The zero-order valence-electron chi connectivity index (χ0n) is 13.0. The first-order valence-corrected chi connectivity index (χ1v) is 8.58. The number of carbonyl (C=O) groups is 1. The van der Waals surface area contributed by atoms with Crippen LogP contribution < -0.4 is 9.88 Å². The molecule has 0 radical (unpaired) electrons. The molecule has 1 aliphatic carbocycles. The number of pyridine rings is 1. The Balaban J connectivity index is 1.76. The standard InChI is InChI=1S/C18H18Cl2N2O/c1-12(18(23)21-17-9-15(19)8-16(20)10-17)22-7-6-13-4-2-3-5-14(13)11-22/h6-12H,2-5H2,1H3/p+1/t12-/m1/s1. The normalized spacial score (nSPS) is 14.9. The minimum Gasteiger partial charge on any atom is -0.320 e. The molecule has 2 aromatic rings. The van der Waals surface area contributed by atoms with E-state index < -0.39 is 0 Å². The lowest BCUT2D eigenvalue weighted by atomic mass is 9.93. The van der Waals surface area contributed by atoms with Gasteiger partial charge in [-0.15, -0.1) is 0 Å². The second-order valence-electron chi connectivity index (χ2n) is 5.97. The largest absolute Gasteiger partial charge is 0.320 e. The summed E-state index contributed by atoms with van der Waals surface area (Å²) >= 11 is 11.9. The number of halogens is 2. The first kappa shape index (κ1) is 16.3. The molecule has 0 saturated heterocycles. The van der Waals surface area contributed by atoms with Gasteiger partial charge in [-0.3, -0.25) is 4.79 Å². The van der Waals surface area contributed by atoms with Crippen molar-refractivity contribution in [1.82, 2.24) is 0 Å². The summed E-state index contributed by atoms with van der Waals surface area (Å²) in [6, 6.07) is 6.85. The van der Waals surface area contributed by atoms with Crippen molar-refractivity contribution in [3.05, 3.63) is 57.8 Å². The van der Waals surface area contributed by atoms with Crippen LogP contribution in [0, 0.1) is 0 Å². The van der Waals surface area contributed by atoms with Crippen molar-refractivity contribution in [1.29, 1.82) is 0 Å². The summed E-state index contributed by atoms with van der Waals surface area (Å²) in [6.45, 7) is 1.89. The number of hydrogen-bond donors (Lipinski definition) is 1. The molecule has 1 amide bonds. The van der Waals surface area contributed by atoms with Gasteiger partial charge in [-0.1, -0.05) is 23.2 Å². The Morgan fingerprint density at radius 3 is 2.48 bits per heavy atom. The second-order valence-corrected chi connectivity index (χ2v) is 6.85. The van der Waals surface area contributed by atoms with Crippen LogP contribution in [-0.2, 0) is 17.6 Å². The van der Waals surface area contributed by atoms with Gasteiger partial charge in [0.1, 0.15) is 0 Å². The molecule has 0 aliphatic heterocycles. The molecule has 0 saturated carbocycles. The van der Waals surface area contributed by atoms with Crippen LogP contribution in [-0.4, -0.2) is 5.91 Å². The predicted octanol–water partition coefficient (Wildman–Crippen LogP) is 4.36. The molecule has 0 unspecified atom stereocenters. The molecule has 3 nitrogen and oxygen atoms in total. The van der Waals surface area contributed by atoms with Gasteiger partial charge in [0.2, 0.25) is 6.04 Å². The number of aryl methyl sites for hydroxylation is 2. The number of rotatable bonds is 3. The molecule has 120 valence electrons. The summed E-state index contributed by atoms with van der Waals surface area (Å²) in [7, 11) is 0. The molecule has 1 aromatic carbocycles. The van der Waals surface area contributed by atoms with Gasteiger partial charge in [-0.25, -0.2) is 0 Å². The fraction of sp³-hybridized carbons (Fsp3) is 0.333. The van der Waals surface area contributed by atoms with Crippen molar-refractivity contribution in [2.45, 2.75) is 38.6 Å². The van der Waals surface area contributed by atoms with E-state index in [-0.39, 0.29) is 11.9 Å². The van der Waals surface area contributed by atoms with E-state index in [0.717, 1.165) is 12.8 Å². The van der Waals surface area contributed by atoms with Gasteiger partial charge in [-0.2, -0.15) is 4.57 Å². The van der Waals surface area contributed by atoms with Crippen LogP contribution in [0.2, 0.25) is 10.0 Å². The predicted molar refractivity (Wildman–Crippen MR) is 93.1 cm³/mol. The van der Waals surface area contributed by atoms with E-state index >= 15 is 0 Å². The van der Waals surface area contributed by atoms with Gasteiger partial charge < -0.3 is 5.32 Å². The average molecular weight is 350 g/mol. The third-order valence-corrected chi connectivity index (χ3v) is 4.70. The maximum absolute atomic E-state index is 12.5. The molecule has 1 heterocycles. The summed E-state index contributed by atoms with van der Waals surface area (Å²) < 4.78 is 1.96. The average Bonchev–Trinajstić information content (AvgIpc) is 2.52. The van der Waals surface area contributed by atoms with Gasteiger partial charge in [0, 0.05) is 34.3 Å². The minimum absolute atomic E-state index is 0.0934. The van der Waals surface area contributed by atoms with Crippen molar-refractivity contribution in [2.24, 2.45) is 0 Å². The number of hydrogen-bond acceptors (Lipinski definition) is 1. The number of amides is 1. The second kappa shape index (κ2) is 6.90. The SMILES string of the molecule is C[C@H](C(=O)Nc1cc(Cl)cc(Cl)c1)[n+]1ccc2c(c1)CCCC2. The molecule has 1 aliphatic rings. The zero-order valence-corrected chi connectivity index (χ0v) is 14.5. The van der Waals surface area contributed by atoms with E-state index in [9.17, 15) is 4.79 Å². The van der Waals surface area contributed by atoms with Crippen LogP contribution in [0.1, 0.15) is 36.9 Å². The summed E-state index contributed by atoms with van der Waals surface area (Å²) in [5, 5.41) is 3.88.